The van der Waals surface area contributed by atoms with Gasteiger partial charge in [0.05, 0.1) is 5.69 Å². The lowest BCUT2D eigenvalue weighted by molar-refractivity contribution is -0.146. The minimum absolute atomic E-state index is 0.0447. The van der Waals surface area contributed by atoms with Gasteiger partial charge >= 0.3 is 5.97 Å². The molecule has 0 saturated carbocycles. The van der Waals surface area contributed by atoms with E-state index in [-0.39, 0.29) is 19.1 Å². The van der Waals surface area contributed by atoms with Gasteiger partial charge in [0, 0.05) is 12.4 Å². The Hall–Kier alpha value is -2.37. The van der Waals surface area contributed by atoms with E-state index in [2.05, 4.69) is 10.1 Å². The zero-order valence-electron chi connectivity index (χ0n) is 10.0. The Morgan fingerprint density at radius 1 is 1.50 bits per heavy atom. The van der Waals surface area contributed by atoms with Crippen LogP contribution in [0.5, 0.6) is 0 Å². The number of nitrogens with zero attached hydrogens (tertiary/aromatic N) is 3. The Balaban J connectivity index is 1.87. The SMILES string of the molecule is Cc1cccnc1COC(=O)Cn1ccc(N)n1. The maximum atomic E-state index is 11.6. The van der Waals surface area contributed by atoms with Gasteiger partial charge in [-0.15, -0.1) is 0 Å². The second-order valence-corrected chi connectivity index (χ2v) is 3.87. The molecule has 2 aromatic rings. The molecule has 0 aliphatic carbocycles. The quantitative estimate of drug-likeness (QED) is 0.811. The number of esters is 1. The third kappa shape index (κ3) is 3.07. The molecule has 0 fully saturated rings. The van der Waals surface area contributed by atoms with E-state index in [9.17, 15) is 4.79 Å². The van der Waals surface area contributed by atoms with E-state index < -0.39 is 0 Å². The molecule has 0 aliphatic rings. The van der Waals surface area contributed by atoms with E-state index in [1.165, 1.54) is 4.68 Å². The minimum Gasteiger partial charge on any atom is -0.458 e. The van der Waals surface area contributed by atoms with Crippen LogP contribution in [0.3, 0.4) is 0 Å². The van der Waals surface area contributed by atoms with Crippen molar-refractivity contribution < 1.29 is 9.53 Å². The predicted molar refractivity (Wildman–Crippen MR) is 65.4 cm³/mol. The number of carbonyl (C=O) groups excluding carboxylic acids is 1. The van der Waals surface area contributed by atoms with Crippen molar-refractivity contribution in [2.24, 2.45) is 0 Å². The lowest BCUT2D eigenvalue weighted by Gasteiger charge is -2.06. The van der Waals surface area contributed by atoms with Crippen molar-refractivity contribution >= 4 is 11.8 Å². The second kappa shape index (κ2) is 5.31. The lowest BCUT2D eigenvalue weighted by Crippen LogP contribution is -2.14. The van der Waals surface area contributed by atoms with Crippen molar-refractivity contribution in [3.63, 3.8) is 0 Å². The topological polar surface area (TPSA) is 83.0 Å². The van der Waals surface area contributed by atoms with Crippen LogP contribution in [0, 0.1) is 6.92 Å². The Labute approximate surface area is 104 Å². The molecule has 0 unspecified atom stereocenters. The van der Waals surface area contributed by atoms with Crippen LogP contribution in [0.1, 0.15) is 11.3 Å². The van der Waals surface area contributed by atoms with Crippen LogP contribution in [-0.2, 0) is 22.7 Å². The number of pyridine rings is 1. The fraction of sp³-hybridized carbons (Fsp3) is 0.250. The van der Waals surface area contributed by atoms with Crippen LogP contribution in [0.15, 0.2) is 30.6 Å². The lowest BCUT2D eigenvalue weighted by atomic mass is 10.2. The van der Waals surface area contributed by atoms with Gasteiger partial charge in [0.2, 0.25) is 0 Å². The van der Waals surface area contributed by atoms with Crippen molar-refractivity contribution in [2.75, 3.05) is 5.73 Å². The molecule has 94 valence electrons. The van der Waals surface area contributed by atoms with Crippen LogP contribution in [0.4, 0.5) is 5.82 Å². The molecule has 0 bridgehead atoms. The normalized spacial score (nSPS) is 10.3. The molecule has 2 rings (SSSR count). The van der Waals surface area contributed by atoms with Crippen molar-refractivity contribution in [1.82, 2.24) is 14.8 Å². The summed E-state index contributed by atoms with van der Waals surface area (Å²) in [4.78, 5) is 15.7. The van der Waals surface area contributed by atoms with Crippen molar-refractivity contribution in [3.8, 4) is 0 Å². The number of rotatable bonds is 4. The van der Waals surface area contributed by atoms with E-state index in [0.29, 0.717) is 5.82 Å². The molecule has 0 atom stereocenters. The Kier molecular flexibility index (Phi) is 3.57. The Bertz CT molecular complexity index is 551. The molecular weight excluding hydrogens is 232 g/mol. The summed E-state index contributed by atoms with van der Waals surface area (Å²) in [5.41, 5.74) is 7.19. The number of nitrogens with two attached hydrogens (primary N) is 1. The van der Waals surface area contributed by atoms with Gasteiger partial charge in [-0.25, -0.2) is 0 Å². The fourth-order valence-corrected chi connectivity index (χ4v) is 1.46. The summed E-state index contributed by atoms with van der Waals surface area (Å²) < 4.78 is 6.55. The highest BCUT2D eigenvalue weighted by Gasteiger charge is 2.07. The number of carbonyl (C=O) groups is 1. The molecule has 0 aliphatic heterocycles. The van der Waals surface area contributed by atoms with Gasteiger partial charge in [0.1, 0.15) is 19.0 Å². The van der Waals surface area contributed by atoms with Crippen molar-refractivity contribution in [1.29, 1.82) is 0 Å². The average molecular weight is 246 g/mol. The highest BCUT2D eigenvalue weighted by Crippen LogP contribution is 2.05. The molecule has 6 heteroatoms. The van der Waals surface area contributed by atoms with Gasteiger partial charge in [-0.3, -0.25) is 14.5 Å². The van der Waals surface area contributed by atoms with E-state index in [1.807, 2.05) is 19.1 Å². The number of anilines is 1. The van der Waals surface area contributed by atoms with E-state index >= 15 is 0 Å². The molecule has 2 heterocycles. The number of hydrogen-bond donors (Lipinski definition) is 1. The molecule has 0 saturated heterocycles. The summed E-state index contributed by atoms with van der Waals surface area (Å²) in [6.45, 7) is 2.13. The standard InChI is InChI=1S/C12H14N4O2/c1-9-3-2-5-14-10(9)8-18-12(17)7-16-6-4-11(13)15-16/h2-6H,7-8H2,1H3,(H2,13,15). The van der Waals surface area contributed by atoms with E-state index in [1.54, 1.807) is 18.5 Å². The number of hydrogen-bond acceptors (Lipinski definition) is 5. The van der Waals surface area contributed by atoms with Crippen molar-refractivity contribution in [2.45, 2.75) is 20.1 Å². The maximum Gasteiger partial charge on any atom is 0.328 e. The largest absolute Gasteiger partial charge is 0.458 e. The minimum atomic E-state index is -0.372. The fourth-order valence-electron chi connectivity index (χ4n) is 1.46. The smallest absolute Gasteiger partial charge is 0.328 e. The number of aryl methyl sites for hydroxylation is 1. The summed E-state index contributed by atoms with van der Waals surface area (Å²) in [6, 6.07) is 5.38. The molecule has 0 spiro atoms. The molecule has 2 N–H and O–H groups in total. The van der Waals surface area contributed by atoms with Crippen LogP contribution >= 0.6 is 0 Å². The summed E-state index contributed by atoms with van der Waals surface area (Å²) >= 11 is 0. The first-order valence-electron chi connectivity index (χ1n) is 5.50. The molecule has 6 nitrogen and oxygen atoms in total. The van der Waals surface area contributed by atoms with Gasteiger partial charge in [-0.2, -0.15) is 5.10 Å². The molecule has 18 heavy (non-hydrogen) atoms. The summed E-state index contributed by atoms with van der Waals surface area (Å²) in [5, 5.41) is 3.90. The number of nitrogen functional groups attached to an aromatic ring is 1. The predicted octanol–water partition coefficient (Wildman–Crippen LogP) is 0.912. The van der Waals surface area contributed by atoms with E-state index in [4.69, 9.17) is 10.5 Å². The van der Waals surface area contributed by atoms with Crippen molar-refractivity contribution in [3.05, 3.63) is 41.9 Å². The number of aromatic nitrogens is 3. The third-order valence-electron chi connectivity index (χ3n) is 2.44. The van der Waals surface area contributed by atoms with Gasteiger partial charge in [-0.05, 0) is 24.6 Å². The summed E-state index contributed by atoms with van der Waals surface area (Å²) in [7, 11) is 0. The van der Waals surface area contributed by atoms with Gasteiger partial charge in [0.15, 0.2) is 0 Å². The first kappa shape index (κ1) is 12.1. The molecular formula is C12H14N4O2. The zero-order valence-corrected chi connectivity index (χ0v) is 10.0. The Morgan fingerprint density at radius 3 is 3.00 bits per heavy atom. The Morgan fingerprint density at radius 2 is 2.33 bits per heavy atom. The highest BCUT2D eigenvalue weighted by molar-refractivity contribution is 5.69. The number of ether oxygens (including phenoxy) is 1. The molecule has 0 amide bonds. The monoisotopic (exact) mass is 246 g/mol. The first-order valence-corrected chi connectivity index (χ1v) is 5.50. The average Bonchev–Trinajstić information content (AvgIpc) is 2.74. The van der Waals surface area contributed by atoms with Crippen LogP contribution in [0.2, 0.25) is 0 Å². The van der Waals surface area contributed by atoms with Crippen LogP contribution in [0.25, 0.3) is 0 Å². The van der Waals surface area contributed by atoms with Crippen LogP contribution in [-0.4, -0.2) is 20.7 Å². The molecule has 0 radical (unpaired) electrons. The molecule has 0 aromatic carbocycles. The van der Waals surface area contributed by atoms with Gasteiger partial charge in [-0.1, -0.05) is 6.07 Å². The highest BCUT2D eigenvalue weighted by atomic mass is 16.5. The first-order chi connectivity index (χ1) is 8.65. The third-order valence-corrected chi connectivity index (χ3v) is 2.44. The van der Waals surface area contributed by atoms with E-state index in [0.717, 1.165) is 11.3 Å². The second-order valence-electron chi connectivity index (χ2n) is 3.87. The maximum absolute atomic E-state index is 11.6. The van der Waals surface area contributed by atoms with Crippen LogP contribution < -0.4 is 5.73 Å². The van der Waals surface area contributed by atoms with Gasteiger partial charge in [0.25, 0.3) is 0 Å². The molecule has 2 aromatic heterocycles. The van der Waals surface area contributed by atoms with Gasteiger partial charge < -0.3 is 10.5 Å². The summed E-state index contributed by atoms with van der Waals surface area (Å²) in [6.07, 6.45) is 3.30. The summed E-state index contributed by atoms with van der Waals surface area (Å²) in [5.74, 6) is 0.00604. The zero-order chi connectivity index (χ0) is 13.0.